The van der Waals surface area contributed by atoms with Crippen molar-refractivity contribution in [3.05, 3.63) is 23.8 Å². The number of hydrogen-bond acceptors (Lipinski definition) is 4. The fourth-order valence-corrected chi connectivity index (χ4v) is 1.75. The van der Waals surface area contributed by atoms with Crippen LogP contribution >= 0.6 is 0 Å². The van der Waals surface area contributed by atoms with Crippen molar-refractivity contribution in [2.24, 2.45) is 5.73 Å². The zero-order chi connectivity index (χ0) is 14.3. The molecule has 0 aliphatic rings. The minimum absolute atomic E-state index is 0.0201. The van der Waals surface area contributed by atoms with Crippen molar-refractivity contribution < 1.29 is 18.3 Å². The number of halogens is 2. The molecular weight excluding hydrogens is 254 g/mol. The highest BCUT2D eigenvalue weighted by Gasteiger charge is 2.15. The van der Waals surface area contributed by atoms with E-state index in [4.69, 9.17) is 10.5 Å². The van der Waals surface area contributed by atoms with Gasteiger partial charge in [-0.05, 0) is 30.7 Å². The van der Waals surface area contributed by atoms with E-state index in [1.54, 1.807) is 12.1 Å². The topological polar surface area (TPSA) is 56.5 Å². The molecule has 0 saturated carbocycles. The second kappa shape index (κ2) is 7.91. The number of nitrogens with two attached hydrogens (primary N) is 1. The Bertz CT molecular complexity index is 389. The summed E-state index contributed by atoms with van der Waals surface area (Å²) in [7, 11) is 1.41. The molecule has 1 rings (SSSR count). The van der Waals surface area contributed by atoms with Crippen molar-refractivity contribution in [3.8, 4) is 11.5 Å². The standard InChI is InChI=1S/C13H20F2N2O2/c1-3-6-17-10(8-16)9-4-5-11(18-2)12(7-9)19-13(14)15/h4-5,7,10,13,17H,3,6,8,16H2,1-2H3. The molecule has 1 atom stereocenters. The number of hydrogen-bond donors (Lipinski definition) is 2. The first-order valence-electron chi connectivity index (χ1n) is 6.18. The van der Waals surface area contributed by atoms with Gasteiger partial charge in [-0.15, -0.1) is 0 Å². The number of alkyl halides is 2. The first-order valence-corrected chi connectivity index (χ1v) is 6.18. The molecule has 1 aromatic rings. The molecule has 1 unspecified atom stereocenters. The first kappa shape index (κ1) is 15.7. The molecular formula is C13H20F2N2O2. The summed E-state index contributed by atoms with van der Waals surface area (Å²) >= 11 is 0. The normalized spacial score (nSPS) is 12.5. The summed E-state index contributed by atoms with van der Waals surface area (Å²) in [5.74, 6) is 0.294. The zero-order valence-electron chi connectivity index (χ0n) is 11.2. The van der Waals surface area contributed by atoms with Gasteiger partial charge in [0.25, 0.3) is 0 Å². The lowest BCUT2D eigenvalue weighted by Crippen LogP contribution is -2.28. The van der Waals surface area contributed by atoms with Crippen molar-refractivity contribution >= 4 is 0 Å². The van der Waals surface area contributed by atoms with E-state index in [9.17, 15) is 8.78 Å². The van der Waals surface area contributed by atoms with Crippen LogP contribution in [0, 0.1) is 0 Å². The van der Waals surface area contributed by atoms with Crippen LogP contribution in [-0.4, -0.2) is 26.8 Å². The number of ether oxygens (including phenoxy) is 2. The molecule has 0 aliphatic carbocycles. The number of methoxy groups -OCH3 is 1. The molecule has 0 fully saturated rings. The van der Waals surface area contributed by atoms with Gasteiger partial charge in [0, 0.05) is 12.6 Å². The van der Waals surface area contributed by atoms with E-state index in [0.717, 1.165) is 18.5 Å². The maximum atomic E-state index is 12.3. The molecule has 6 heteroatoms. The Morgan fingerprint density at radius 2 is 2.05 bits per heavy atom. The SMILES string of the molecule is CCCNC(CN)c1ccc(OC)c(OC(F)F)c1. The molecule has 0 saturated heterocycles. The molecule has 4 nitrogen and oxygen atoms in total. The fraction of sp³-hybridized carbons (Fsp3) is 0.538. The third-order valence-electron chi connectivity index (χ3n) is 2.68. The smallest absolute Gasteiger partial charge is 0.387 e. The molecule has 0 aliphatic heterocycles. The number of rotatable bonds is 8. The Balaban J connectivity index is 2.94. The monoisotopic (exact) mass is 274 g/mol. The minimum Gasteiger partial charge on any atom is -0.493 e. The quantitative estimate of drug-likeness (QED) is 0.763. The van der Waals surface area contributed by atoms with E-state index in [1.807, 2.05) is 6.92 Å². The molecule has 0 heterocycles. The summed E-state index contributed by atoms with van der Waals surface area (Å²) in [6, 6.07) is 4.83. The lowest BCUT2D eigenvalue weighted by molar-refractivity contribution is -0.0512. The average Bonchev–Trinajstić information content (AvgIpc) is 2.39. The second-order valence-electron chi connectivity index (χ2n) is 4.03. The van der Waals surface area contributed by atoms with Gasteiger partial charge >= 0.3 is 6.61 Å². The highest BCUT2D eigenvalue weighted by atomic mass is 19.3. The summed E-state index contributed by atoms with van der Waals surface area (Å²) in [5, 5.41) is 3.24. The largest absolute Gasteiger partial charge is 0.493 e. The Morgan fingerprint density at radius 1 is 1.32 bits per heavy atom. The molecule has 0 amide bonds. The summed E-state index contributed by atoms with van der Waals surface area (Å²) < 4.78 is 34.1. The summed E-state index contributed by atoms with van der Waals surface area (Å²) in [5.41, 5.74) is 6.48. The molecule has 108 valence electrons. The van der Waals surface area contributed by atoms with Gasteiger partial charge in [-0.25, -0.2) is 0 Å². The Morgan fingerprint density at radius 3 is 2.58 bits per heavy atom. The van der Waals surface area contributed by atoms with E-state index < -0.39 is 6.61 Å². The number of nitrogens with one attached hydrogen (secondary N) is 1. The van der Waals surface area contributed by atoms with Crippen molar-refractivity contribution in [1.82, 2.24) is 5.32 Å². The Kier molecular flexibility index (Phi) is 6.52. The summed E-state index contributed by atoms with van der Waals surface area (Å²) in [6.45, 7) is 0.336. The van der Waals surface area contributed by atoms with Crippen LogP contribution in [0.5, 0.6) is 11.5 Å². The van der Waals surface area contributed by atoms with E-state index >= 15 is 0 Å². The van der Waals surface area contributed by atoms with E-state index in [-0.39, 0.29) is 17.5 Å². The lowest BCUT2D eigenvalue weighted by atomic mass is 10.1. The number of benzene rings is 1. The maximum absolute atomic E-state index is 12.3. The van der Waals surface area contributed by atoms with Gasteiger partial charge in [0.15, 0.2) is 11.5 Å². The zero-order valence-corrected chi connectivity index (χ0v) is 11.2. The summed E-state index contributed by atoms with van der Waals surface area (Å²) in [4.78, 5) is 0. The van der Waals surface area contributed by atoms with E-state index in [0.29, 0.717) is 6.54 Å². The van der Waals surface area contributed by atoms with Gasteiger partial charge in [0.05, 0.1) is 7.11 Å². The van der Waals surface area contributed by atoms with E-state index in [2.05, 4.69) is 10.1 Å². The highest BCUT2D eigenvalue weighted by Crippen LogP contribution is 2.31. The van der Waals surface area contributed by atoms with Crippen LogP contribution in [0.2, 0.25) is 0 Å². The van der Waals surface area contributed by atoms with Crippen molar-refractivity contribution in [1.29, 1.82) is 0 Å². The third-order valence-corrected chi connectivity index (χ3v) is 2.68. The first-order chi connectivity index (χ1) is 9.12. The molecule has 3 N–H and O–H groups in total. The predicted molar refractivity (Wildman–Crippen MR) is 69.7 cm³/mol. The van der Waals surface area contributed by atoms with Crippen molar-refractivity contribution in [2.75, 3.05) is 20.2 Å². The molecule has 0 radical (unpaired) electrons. The lowest BCUT2D eigenvalue weighted by Gasteiger charge is -2.19. The Labute approximate surface area is 111 Å². The second-order valence-corrected chi connectivity index (χ2v) is 4.03. The van der Waals surface area contributed by atoms with Gasteiger partial charge in [-0.3, -0.25) is 0 Å². The van der Waals surface area contributed by atoms with Gasteiger partial charge in [0.1, 0.15) is 0 Å². The van der Waals surface area contributed by atoms with Gasteiger partial charge in [0.2, 0.25) is 0 Å². The molecule has 0 spiro atoms. The van der Waals surface area contributed by atoms with Crippen LogP contribution in [0.1, 0.15) is 24.9 Å². The predicted octanol–water partition coefficient (Wildman–Crippen LogP) is 2.30. The molecule has 1 aromatic carbocycles. The van der Waals surface area contributed by atoms with Crippen LogP contribution in [0.25, 0.3) is 0 Å². The van der Waals surface area contributed by atoms with E-state index in [1.165, 1.54) is 13.2 Å². The highest BCUT2D eigenvalue weighted by molar-refractivity contribution is 5.44. The minimum atomic E-state index is -2.89. The van der Waals surface area contributed by atoms with Gasteiger partial charge < -0.3 is 20.5 Å². The maximum Gasteiger partial charge on any atom is 0.387 e. The van der Waals surface area contributed by atoms with Crippen LogP contribution in [-0.2, 0) is 0 Å². The molecule has 19 heavy (non-hydrogen) atoms. The van der Waals surface area contributed by atoms with Gasteiger partial charge in [-0.2, -0.15) is 8.78 Å². The molecule has 0 aromatic heterocycles. The van der Waals surface area contributed by atoms with Crippen LogP contribution in [0.4, 0.5) is 8.78 Å². The molecule has 0 bridgehead atoms. The third kappa shape index (κ3) is 4.65. The van der Waals surface area contributed by atoms with Crippen LogP contribution in [0.15, 0.2) is 18.2 Å². The van der Waals surface area contributed by atoms with Crippen LogP contribution < -0.4 is 20.5 Å². The van der Waals surface area contributed by atoms with Crippen molar-refractivity contribution in [2.45, 2.75) is 26.0 Å². The van der Waals surface area contributed by atoms with Gasteiger partial charge in [-0.1, -0.05) is 13.0 Å². The van der Waals surface area contributed by atoms with Crippen LogP contribution in [0.3, 0.4) is 0 Å². The fourth-order valence-electron chi connectivity index (χ4n) is 1.75. The Hall–Kier alpha value is -1.40. The average molecular weight is 274 g/mol. The summed E-state index contributed by atoms with van der Waals surface area (Å²) in [6.07, 6.45) is 0.965. The van der Waals surface area contributed by atoms with Crippen molar-refractivity contribution in [3.63, 3.8) is 0 Å².